The second kappa shape index (κ2) is 3.95. The highest BCUT2D eigenvalue weighted by Gasteiger charge is 2.34. The summed E-state index contributed by atoms with van der Waals surface area (Å²) in [6.45, 7) is 0.777. The van der Waals surface area contributed by atoms with E-state index in [0.29, 0.717) is 12.0 Å². The summed E-state index contributed by atoms with van der Waals surface area (Å²) < 4.78 is 5.80. The average molecular weight is 184 g/mol. The van der Waals surface area contributed by atoms with E-state index in [1.54, 1.807) is 0 Å². The van der Waals surface area contributed by atoms with E-state index in [1.165, 1.54) is 32.1 Å². The SMILES string of the molecule is NC(N)C1COC2CCCCC2C1. The van der Waals surface area contributed by atoms with Crippen LogP contribution in [0.1, 0.15) is 32.1 Å². The Kier molecular flexibility index (Phi) is 2.86. The summed E-state index contributed by atoms with van der Waals surface area (Å²) in [5, 5.41) is 0. The van der Waals surface area contributed by atoms with Crippen molar-refractivity contribution in [3.05, 3.63) is 0 Å². The number of fused-ring (bicyclic) bond motifs is 1. The molecule has 1 aliphatic carbocycles. The van der Waals surface area contributed by atoms with Gasteiger partial charge in [0.25, 0.3) is 0 Å². The smallest absolute Gasteiger partial charge is 0.0603 e. The van der Waals surface area contributed by atoms with Gasteiger partial charge in [-0.2, -0.15) is 0 Å². The molecule has 1 saturated heterocycles. The molecule has 0 bridgehead atoms. The lowest BCUT2D eigenvalue weighted by atomic mass is 9.78. The van der Waals surface area contributed by atoms with Gasteiger partial charge >= 0.3 is 0 Å². The topological polar surface area (TPSA) is 61.3 Å². The molecule has 0 amide bonds. The molecule has 2 rings (SSSR count). The minimum Gasteiger partial charge on any atom is -0.378 e. The molecular formula is C10H20N2O. The Balaban J connectivity index is 1.91. The zero-order chi connectivity index (χ0) is 9.26. The summed E-state index contributed by atoms with van der Waals surface area (Å²) in [6.07, 6.45) is 6.76. The molecule has 3 atom stereocenters. The lowest BCUT2D eigenvalue weighted by molar-refractivity contribution is -0.0787. The van der Waals surface area contributed by atoms with Gasteiger partial charge < -0.3 is 16.2 Å². The summed E-state index contributed by atoms with van der Waals surface area (Å²) in [7, 11) is 0. The minimum absolute atomic E-state index is 0.192. The van der Waals surface area contributed by atoms with E-state index >= 15 is 0 Å². The molecule has 1 aliphatic heterocycles. The third-order valence-electron chi connectivity index (χ3n) is 3.51. The van der Waals surface area contributed by atoms with Gasteiger partial charge in [-0.3, -0.25) is 0 Å². The third kappa shape index (κ3) is 2.03. The van der Waals surface area contributed by atoms with Crippen LogP contribution in [0.5, 0.6) is 0 Å². The van der Waals surface area contributed by atoms with Crippen molar-refractivity contribution in [2.24, 2.45) is 23.3 Å². The predicted octanol–water partition coefficient (Wildman–Crippen LogP) is 0.825. The monoisotopic (exact) mass is 184 g/mol. The number of ether oxygens (including phenoxy) is 1. The molecule has 3 unspecified atom stereocenters. The maximum atomic E-state index is 5.80. The van der Waals surface area contributed by atoms with Crippen molar-refractivity contribution < 1.29 is 4.74 Å². The van der Waals surface area contributed by atoms with Crippen molar-refractivity contribution >= 4 is 0 Å². The van der Waals surface area contributed by atoms with Crippen molar-refractivity contribution in [2.75, 3.05) is 6.61 Å². The van der Waals surface area contributed by atoms with Crippen LogP contribution in [0.15, 0.2) is 0 Å². The largest absolute Gasteiger partial charge is 0.378 e. The molecule has 0 aromatic rings. The molecule has 13 heavy (non-hydrogen) atoms. The van der Waals surface area contributed by atoms with Crippen LogP contribution in [0.25, 0.3) is 0 Å². The van der Waals surface area contributed by atoms with E-state index in [4.69, 9.17) is 16.2 Å². The Bertz CT molecular complexity index is 172. The second-order valence-corrected chi connectivity index (χ2v) is 4.49. The number of hydrogen-bond donors (Lipinski definition) is 2. The van der Waals surface area contributed by atoms with Gasteiger partial charge in [-0.15, -0.1) is 0 Å². The molecular weight excluding hydrogens is 164 g/mol. The van der Waals surface area contributed by atoms with Crippen molar-refractivity contribution in [2.45, 2.75) is 44.4 Å². The van der Waals surface area contributed by atoms with Crippen molar-refractivity contribution in [3.63, 3.8) is 0 Å². The van der Waals surface area contributed by atoms with Crippen LogP contribution in [0.3, 0.4) is 0 Å². The Labute approximate surface area is 79.8 Å². The molecule has 3 nitrogen and oxygen atoms in total. The van der Waals surface area contributed by atoms with Gasteiger partial charge in [-0.1, -0.05) is 12.8 Å². The molecule has 76 valence electrons. The first-order valence-electron chi connectivity index (χ1n) is 5.40. The van der Waals surface area contributed by atoms with Crippen LogP contribution in [0, 0.1) is 11.8 Å². The van der Waals surface area contributed by atoms with E-state index in [2.05, 4.69) is 0 Å². The van der Waals surface area contributed by atoms with Gasteiger partial charge in [0.15, 0.2) is 0 Å². The van der Waals surface area contributed by atoms with Crippen LogP contribution in [-0.2, 0) is 4.74 Å². The van der Waals surface area contributed by atoms with Crippen LogP contribution >= 0.6 is 0 Å². The zero-order valence-corrected chi connectivity index (χ0v) is 8.11. The number of rotatable bonds is 1. The Morgan fingerprint density at radius 3 is 2.69 bits per heavy atom. The number of nitrogens with two attached hydrogens (primary N) is 2. The maximum Gasteiger partial charge on any atom is 0.0603 e. The lowest BCUT2D eigenvalue weighted by Crippen LogP contribution is -2.47. The first kappa shape index (κ1) is 9.44. The molecule has 3 heteroatoms. The molecule has 4 N–H and O–H groups in total. The summed E-state index contributed by atoms with van der Waals surface area (Å²) in [5.74, 6) is 1.13. The first-order chi connectivity index (χ1) is 6.27. The molecule has 1 heterocycles. The van der Waals surface area contributed by atoms with E-state index in [9.17, 15) is 0 Å². The van der Waals surface area contributed by atoms with E-state index in [0.717, 1.165) is 12.5 Å². The van der Waals surface area contributed by atoms with Crippen molar-refractivity contribution in [1.29, 1.82) is 0 Å². The highest BCUT2D eigenvalue weighted by molar-refractivity contribution is 4.84. The molecule has 1 saturated carbocycles. The quantitative estimate of drug-likeness (QED) is 0.593. The van der Waals surface area contributed by atoms with E-state index in [-0.39, 0.29) is 6.17 Å². The highest BCUT2D eigenvalue weighted by Crippen LogP contribution is 2.35. The van der Waals surface area contributed by atoms with Crippen molar-refractivity contribution in [3.8, 4) is 0 Å². The standard InChI is InChI=1S/C10H20N2O/c11-10(12)8-5-7-3-1-2-4-9(7)13-6-8/h7-10H,1-6,11-12H2. The predicted molar refractivity (Wildman–Crippen MR) is 52.0 cm³/mol. The van der Waals surface area contributed by atoms with Crippen LogP contribution in [0.2, 0.25) is 0 Å². The van der Waals surface area contributed by atoms with Gasteiger partial charge in [0.1, 0.15) is 0 Å². The summed E-state index contributed by atoms with van der Waals surface area (Å²) >= 11 is 0. The normalized spacial score (nSPS) is 40.4. The summed E-state index contributed by atoms with van der Waals surface area (Å²) in [5.41, 5.74) is 11.4. The summed E-state index contributed by atoms with van der Waals surface area (Å²) in [6, 6.07) is 0. The Morgan fingerprint density at radius 2 is 1.92 bits per heavy atom. The maximum absolute atomic E-state index is 5.80. The fraction of sp³-hybridized carbons (Fsp3) is 1.00. The van der Waals surface area contributed by atoms with Gasteiger partial charge in [0.05, 0.1) is 18.9 Å². The molecule has 2 fully saturated rings. The fourth-order valence-corrected chi connectivity index (χ4v) is 2.64. The highest BCUT2D eigenvalue weighted by atomic mass is 16.5. The first-order valence-corrected chi connectivity index (χ1v) is 5.40. The minimum atomic E-state index is -0.192. The zero-order valence-electron chi connectivity index (χ0n) is 8.11. The Hall–Kier alpha value is -0.120. The molecule has 0 radical (unpaired) electrons. The summed E-state index contributed by atoms with van der Waals surface area (Å²) in [4.78, 5) is 0. The fourth-order valence-electron chi connectivity index (χ4n) is 2.64. The van der Waals surface area contributed by atoms with Gasteiger partial charge in [-0.25, -0.2) is 0 Å². The van der Waals surface area contributed by atoms with Gasteiger partial charge in [0.2, 0.25) is 0 Å². The average Bonchev–Trinajstić information content (AvgIpc) is 2.17. The molecule has 0 aromatic heterocycles. The van der Waals surface area contributed by atoms with Gasteiger partial charge in [-0.05, 0) is 25.2 Å². The van der Waals surface area contributed by atoms with Crippen LogP contribution in [-0.4, -0.2) is 18.9 Å². The van der Waals surface area contributed by atoms with Crippen molar-refractivity contribution in [1.82, 2.24) is 0 Å². The van der Waals surface area contributed by atoms with Gasteiger partial charge in [0, 0.05) is 5.92 Å². The Morgan fingerprint density at radius 1 is 1.15 bits per heavy atom. The third-order valence-corrected chi connectivity index (χ3v) is 3.51. The molecule has 2 aliphatic rings. The molecule has 0 spiro atoms. The molecule has 0 aromatic carbocycles. The van der Waals surface area contributed by atoms with E-state index < -0.39 is 0 Å². The lowest BCUT2D eigenvalue weighted by Gasteiger charge is -2.40. The van der Waals surface area contributed by atoms with Crippen LogP contribution in [0.4, 0.5) is 0 Å². The number of hydrogen-bond acceptors (Lipinski definition) is 3. The second-order valence-electron chi connectivity index (χ2n) is 4.49. The van der Waals surface area contributed by atoms with E-state index in [1.807, 2.05) is 0 Å². The van der Waals surface area contributed by atoms with Crippen LogP contribution < -0.4 is 11.5 Å².